The number of carbonyl (C=O) groups is 2. The first-order valence-corrected chi connectivity index (χ1v) is 8.29. The van der Waals surface area contributed by atoms with E-state index in [2.05, 4.69) is 5.32 Å². The zero-order valence-corrected chi connectivity index (χ0v) is 12.3. The molecule has 0 aromatic carbocycles. The molecule has 5 fully saturated rings. The van der Waals surface area contributed by atoms with Crippen molar-refractivity contribution in [2.75, 3.05) is 6.54 Å². The van der Waals surface area contributed by atoms with E-state index in [-0.39, 0.29) is 17.9 Å². The maximum absolute atomic E-state index is 12.3. The molecule has 0 aromatic heterocycles. The molecule has 4 bridgehead atoms. The van der Waals surface area contributed by atoms with Crippen LogP contribution in [0.3, 0.4) is 0 Å². The largest absolute Gasteiger partial charge is 0.331 e. The third-order valence-corrected chi connectivity index (χ3v) is 6.24. The molecule has 4 nitrogen and oxygen atoms in total. The van der Waals surface area contributed by atoms with Crippen LogP contribution in [0, 0.1) is 17.8 Å². The highest BCUT2D eigenvalue weighted by Crippen LogP contribution is 2.54. The van der Waals surface area contributed by atoms with Crippen LogP contribution in [0.1, 0.15) is 51.9 Å². The normalized spacial score (nSPS) is 46.5. The van der Waals surface area contributed by atoms with Gasteiger partial charge >= 0.3 is 0 Å². The van der Waals surface area contributed by atoms with E-state index < -0.39 is 0 Å². The van der Waals surface area contributed by atoms with Gasteiger partial charge in [0, 0.05) is 25.8 Å². The molecule has 4 saturated carbocycles. The Kier molecular flexibility index (Phi) is 2.75. The first-order valence-electron chi connectivity index (χ1n) is 8.29. The lowest BCUT2D eigenvalue weighted by Gasteiger charge is -2.55. The number of nitrogens with two attached hydrogens (primary N) is 1. The van der Waals surface area contributed by atoms with Crippen molar-refractivity contribution in [2.45, 2.75) is 63.5 Å². The number of amides is 2. The van der Waals surface area contributed by atoms with Crippen LogP contribution in [-0.4, -0.2) is 34.8 Å². The van der Waals surface area contributed by atoms with E-state index in [9.17, 15) is 9.59 Å². The fraction of sp³-hybridized carbons (Fsp3) is 0.875. The van der Waals surface area contributed by atoms with Gasteiger partial charge in [0.1, 0.15) is 0 Å². The van der Waals surface area contributed by atoms with Crippen molar-refractivity contribution in [1.82, 2.24) is 4.90 Å². The van der Waals surface area contributed by atoms with Gasteiger partial charge < -0.3 is 5.32 Å². The standard InChI is InChI=1S/C16H24N2O2/c1-2-18-14(19)6-13(15(18)20)17-16-7-10-3-11(8-16)5-12(4-10)9-16/h10-13,17H,2-9H2,1H3/p+1/t10?,11?,12?,13-,16?/m1/s1. The lowest BCUT2D eigenvalue weighted by atomic mass is 9.53. The van der Waals surface area contributed by atoms with Gasteiger partial charge in [0.25, 0.3) is 5.91 Å². The van der Waals surface area contributed by atoms with Crippen LogP contribution in [0.15, 0.2) is 0 Å². The van der Waals surface area contributed by atoms with E-state index in [1.165, 1.54) is 43.4 Å². The van der Waals surface area contributed by atoms with Crippen molar-refractivity contribution >= 4 is 11.8 Å². The summed E-state index contributed by atoms with van der Waals surface area (Å²) in [5, 5.41) is 2.33. The molecule has 0 radical (unpaired) electrons. The van der Waals surface area contributed by atoms with Gasteiger partial charge in [-0.15, -0.1) is 0 Å². The molecule has 110 valence electrons. The van der Waals surface area contributed by atoms with Crippen molar-refractivity contribution in [3.05, 3.63) is 0 Å². The zero-order valence-electron chi connectivity index (χ0n) is 12.3. The first kappa shape index (κ1) is 12.8. The second kappa shape index (κ2) is 4.30. The lowest BCUT2D eigenvalue weighted by Crippen LogP contribution is -3.03. The van der Waals surface area contributed by atoms with Crippen LogP contribution in [0.5, 0.6) is 0 Å². The second-order valence-corrected chi connectivity index (χ2v) is 7.73. The van der Waals surface area contributed by atoms with Gasteiger partial charge in [-0.2, -0.15) is 0 Å². The number of likely N-dealkylation sites (tertiary alicyclic amines) is 1. The summed E-state index contributed by atoms with van der Waals surface area (Å²) in [6, 6.07) is -0.126. The Morgan fingerprint density at radius 3 is 2.10 bits per heavy atom. The van der Waals surface area contributed by atoms with Crippen LogP contribution >= 0.6 is 0 Å². The molecule has 1 heterocycles. The van der Waals surface area contributed by atoms with Gasteiger partial charge in [-0.05, 0) is 43.9 Å². The summed E-state index contributed by atoms with van der Waals surface area (Å²) in [4.78, 5) is 25.7. The van der Waals surface area contributed by atoms with Gasteiger partial charge in [0.15, 0.2) is 6.04 Å². The predicted octanol–water partition coefficient (Wildman–Crippen LogP) is 0.666. The maximum Gasteiger partial charge on any atom is 0.287 e. The van der Waals surface area contributed by atoms with Gasteiger partial charge in [-0.1, -0.05) is 0 Å². The summed E-state index contributed by atoms with van der Waals surface area (Å²) in [5.74, 6) is 2.78. The van der Waals surface area contributed by atoms with E-state index in [1.807, 2.05) is 6.92 Å². The lowest BCUT2D eigenvalue weighted by molar-refractivity contribution is -0.755. The first-order chi connectivity index (χ1) is 9.58. The van der Waals surface area contributed by atoms with Crippen LogP contribution in [-0.2, 0) is 9.59 Å². The van der Waals surface area contributed by atoms with E-state index >= 15 is 0 Å². The molecule has 4 heteroatoms. The highest BCUT2D eigenvalue weighted by atomic mass is 16.2. The summed E-state index contributed by atoms with van der Waals surface area (Å²) < 4.78 is 0. The summed E-state index contributed by atoms with van der Waals surface area (Å²) in [6.07, 6.45) is 8.53. The average molecular weight is 277 g/mol. The molecule has 2 N–H and O–H groups in total. The number of hydrogen-bond donors (Lipinski definition) is 1. The highest BCUT2D eigenvalue weighted by molar-refractivity contribution is 6.04. The van der Waals surface area contributed by atoms with Gasteiger partial charge in [0.05, 0.1) is 12.0 Å². The fourth-order valence-corrected chi connectivity index (χ4v) is 5.98. The number of imide groups is 1. The average Bonchev–Trinajstić information content (AvgIpc) is 2.61. The Bertz CT molecular complexity index is 424. The molecule has 0 aromatic rings. The molecule has 0 unspecified atom stereocenters. The van der Waals surface area contributed by atoms with Crippen molar-refractivity contribution in [3.63, 3.8) is 0 Å². The van der Waals surface area contributed by atoms with E-state index in [4.69, 9.17) is 0 Å². The summed E-state index contributed by atoms with van der Waals surface area (Å²) in [5.41, 5.74) is 0.291. The molecule has 2 amide bonds. The minimum atomic E-state index is -0.126. The summed E-state index contributed by atoms with van der Waals surface area (Å²) in [7, 11) is 0. The molecule has 5 aliphatic rings. The van der Waals surface area contributed by atoms with Crippen LogP contribution in [0.2, 0.25) is 0 Å². The molecular formula is C16H25N2O2+. The Morgan fingerprint density at radius 1 is 1.10 bits per heavy atom. The number of quaternary nitrogens is 1. The van der Waals surface area contributed by atoms with Crippen LogP contribution in [0.4, 0.5) is 0 Å². The quantitative estimate of drug-likeness (QED) is 0.771. The third-order valence-electron chi connectivity index (χ3n) is 6.24. The maximum atomic E-state index is 12.3. The van der Waals surface area contributed by atoms with Crippen LogP contribution < -0.4 is 5.32 Å². The number of nitrogens with zero attached hydrogens (tertiary/aromatic N) is 1. The van der Waals surface area contributed by atoms with E-state index in [0.717, 1.165) is 17.8 Å². The Balaban J connectivity index is 1.52. The molecule has 4 aliphatic carbocycles. The van der Waals surface area contributed by atoms with Gasteiger partial charge in [-0.25, -0.2) is 0 Å². The smallest absolute Gasteiger partial charge is 0.287 e. The van der Waals surface area contributed by atoms with Gasteiger partial charge in [0.2, 0.25) is 5.91 Å². The zero-order chi connectivity index (χ0) is 13.9. The Labute approximate surface area is 120 Å². The third kappa shape index (κ3) is 1.84. The van der Waals surface area contributed by atoms with E-state index in [1.54, 1.807) is 0 Å². The predicted molar refractivity (Wildman–Crippen MR) is 73.6 cm³/mol. The Morgan fingerprint density at radius 2 is 1.65 bits per heavy atom. The molecule has 20 heavy (non-hydrogen) atoms. The Hall–Kier alpha value is -0.900. The van der Waals surface area contributed by atoms with Crippen molar-refractivity contribution < 1.29 is 14.9 Å². The SMILES string of the molecule is CCN1C(=O)C[C@@H]([NH2+]C23CC4CC(CC(C4)C2)C3)C1=O. The highest BCUT2D eigenvalue weighted by Gasteiger charge is 2.56. The van der Waals surface area contributed by atoms with Gasteiger partial charge in [-0.3, -0.25) is 14.5 Å². The molecule has 1 aliphatic heterocycles. The topological polar surface area (TPSA) is 54.0 Å². The van der Waals surface area contributed by atoms with Crippen molar-refractivity contribution in [3.8, 4) is 0 Å². The number of carbonyl (C=O) groups excluding carboxylic acids is 2. The summed E-state index contributed by atoms with van der Waals surface area (Å²) >= 11 is 0. The molecule has 1 saturated heterocycles. The molecule has 1 atom stereocenters. The van der Waals surface area contributed by atoms with Crippen molar-refractivity contribution in [1.29, 1.82) is 0 Å². The number of hydrogen-bond acceptors (Lipinski definition) is 2. The number of rotatable bonds is 3. The second-order valence-electron chi connectivity index (χ2n) is 7.73. The minimum Gasteiger partial charge on any atom is -0.331 e. The summed E-state index contributed by atoms with van der Waals surface area (Å²) in [6.45, 7) is 2.42. The van der Waals surface area contributed by atoms with E-state index in [0.29, 0.717) is 18.5 Å². The molecule has 0 spiro atoms. The number of likely N-dealkylation sites (N-methyl/N-ethyl adjacent to an activating group) is 1. The molecule has 5 rings (SSSR count). The van der Waals surface area contributed by atoms with Crippen molar-refractivity contribution in [2.24, 2.45) is 17.8 Å². The monoisotopic (exact) mass is 277 g/mol. The molecular weight excluding hydrogens is 252 g/mol. The fourth-order valence-electron chi connectivity index (χ4n) is 5.98. The van der Waals surface area contributed by atoms with Crippen LogP contribution in [0.25, 0.3) is 0 Å². The minimum absolute atomic E-state index is 0.0310.